The molecule has 3 aromatic carbocycles. The number of piperazine rings is 3. The van der Waals surface area contributed by atoms with Gasteiger partial charge in [0.2, 0.25) is 17.7 Å². The van der Waals surface area contributed by atoms with E-state index >= 15 is 0 Å². The Labute approximate surface area is 836 Å². The molecule has 3 fully saturated rings. The number of fused-ring (bicyclic) bond motifs is 3. The molecule has 12 heterocycles. The summed E-state index contributed by atoms with van der Waals surface area (Å²) in [4.78, 5) is 119. The Morgan fingerprint density at radius 2 is 0.652 bits per heavy atom. The van der Waals surface area contributed by atoms with Crippen molar-refractivity contribution in [3.63, 3.8) is 0 Å². The molecule has 15 rings (SSSR count). The van der Waals surface area contributed by atoms with Crippen LogP contribution in [0.3, 0.4) is 0 Å². The first kappa shape index (κ1) is 103. The number of hydrogen-bond acceptors (Lipinski definition) is 21. The van der Waals surface area contributed by atoms with Crippen molar-refractivity contribution >= 4 is 184 Å². The largest absolute Gasteiger partial charge is 0.504 e. The van der Waals surface area contributed by atoms with Gasteiger partial charge in [0.05, 0.1) is 120 Å². The van der Waals surface area contributed by atoms with Gasteiger partial charge in [0.25, 0.3) is 16.7 Å². The SMILES string of the molecule is C=CC(=O)N1CCN(c2c(C#N)c(=O)n(-c3c(C)ccnc3C(C)C)c3nc(-c4c(O)c(F)c(Cl)c(Cl)c4Cl)c(Cl)cc23)C[C@H]1C.C=CC(=O)N1CCN(c2c(C#N)c(=O)n(-c3c(C)ccnc3C(C)C)c3nc(-c4c(O)c(F)c(Cl)c(F)c4Cl)c(Cl)cc23)C[C@H]1C.C=CC(=O)N1CCN(c2c(C#N)c(=O)n(-c3c(C)ccnc3C(C)C)c3nc(-c4c(O)c(F)c(Cl)c(F)c4Cl)c(Cl)cc23)C[C@H]1C. The molecule has 0 aliphatic carbocycles. The van der Waals surface area contributed by atoms with E-state index in [4.69, 9.17) is 121 Å². The zero-order valence-corrected chi connectivity index (χ0v) is 82.9. The number of nitriles is 3. The topological polar surface area (TPSA) is 346 Å². The minimum atomic E-state index is -1.47. The Morgan fingerprint density at radius 1 is 0.399 bits per heavy atom. The highest BCUT2D eigenvalue weighted by Gasteiger charge is 2.40. The number of carbonyl (C=O) groups excluding carboxylic acids is 3. The monoisotopic (exact) mass is 2070 g/mol. The van der Waals surface area contributed by atoms with E-state index in [1.165, 1.54) is 50.1 Å². The number of hydrogen-bond donors (Lipinski definition) is 3. The van der Waals surface area contributed by atoms with Gasteiger partial charge < -0.3 is 44.7 Å². The summed E-state index contributed by atoms with van der Waals surface area (Å²) in [6.07, 6.45) is 8.50. The first-order chi connectivity index (χ1) is 65.2. The predicted molar refractivity (Wildman–Crippen MR) is 528 cm³/mol. The molecule has 9 aromatic heterocycles. The van der Waals surface area contributed by atoms with Gasteiger partial charge in [-0.15, -0.1) is 0 Å². The molecule has 3 aliphatic rings. The predicted octanol–water partition coefficient (Wildman–Crippen LogP) is 21.3. The van der Waals surface area contributed by atoms with Crippen molar-refractivity contribution in [2.45, 2.75) is 119 Å². The standard InChI is InChI=1S/C32H27Cl4FN6O3.2C32H27Cl3F2N6O3/c1-6-20(44)42-10-9-41(13-16(42)5)29-17-11-19(33)27(21-22(34)23(35)24(36)25(37)30(21)45)40-31(17)43(32(46)18(29)12-38)28-15(4)7-8-39-26(28)14(2)3;2*1-6-20(44)42-10-9-41(13-16(42)5)29-17-11-19(33)27(21-22(34)24(36)23(35)25(37)30(21)45)40-31(17)43(32(46)18(29)12-38)28-15(4)7-8-39-26(28)14(2)3/h3*6-8,11,14,16,45H,1,9-10,13H2,2-5H3/t3*16-/m111/s1. The molecule has 0 radical (unpaired) electrons. The summed E-state index contributed by atoms with van der Waals surface area (Å²) in [5, 5.41) is 59.2. The molecule has 0 spiro atoms. The molecule has 714 valence electrons. The van der Waals surface area contributed by atoms with Crippen molar-refractivity contribution in [2.75, 3.05) is 73.6 Å². The minimum absolute atomic E-state index is 0.0376. The molecular formula is C96H81Cl10F5N18O9. The van der Waals surface area contributed by atoms with E-state index < -0.39 is 99.3 Å². The number of phenolic OH excluding ortho intramolecular Hbond substituents is 3. The van der Waals surface area contributed by atoms with Gasteiger partial charge in [-0.3, -0.25) is 57.4 Å². The molecule has 0 saturated carbocycles. The number of aryl methyl sites for hydroxylation is 3. The number of aromatic hydroxyl groups is 3. The van der Waals surface area contributed by atoms with Crippen molar-refractivity contribution < 1.29 is 51.7 Å². The maximum Gasteiger partial charge on any atom is 0.276 e. The number of carbonyl (C=O) groups is 3. The summed E-state index contributed by atoms with van der Waals surface area (Å²) in [5.41, 5.74) is 0.229. The zero-order valence-electron chi connectivity index (χ0n) is 75.4. The van der Waals surface area contributed by atoms with E-state index in [0.717, 1.165) is 0 Å². The lowest BCUT2D eigenvalue weighted by Crippen LogP contribution is -2.54. The number of amides is 3. The maximum atomic E-state index is 15.0. The minimum Gasteiger partial charge on any atom is -0.504 e. The molecule has 3 saturated heterocycles. The van der Waals surface area contributed by atoms with Gasteiger partial charge in [-0.05, 0) is 131 Å². The third kappa shape index (κ3) is 18.1. The van der Waals surface area contributed by atoms with E-state index in [0.29, 0.717) is 62.8 Å². The molecule has 3 atom stereocenters. The van der Waals surface area contributed by atoms with Crippen LogP contribution >= 0.6 is 116 Å². The van der Waals surface area contributed by atoms with Gasteiger partial charge in [0.1, 0.15) is 66.9 Å². The van der Waals surface area contributed by atoms with E-state index in [2.05, 4.69) is 62.9 Å². The van der Waals surface area contributed by atoms with Gasteiger partial charge >= 0.3 is 0 Å². The van der Waals surface area contributed by atoms with Crippen LogP contribution in [0.15, 0.2) is 107 Å². The van der Waals surface area contributed by atoms with Crippen LogP contribution < -0.4 is 31.4 Å². The number of pyridine rings is 9. The number of nitrogens with zero attached hydrogens (tertiary/aromatic N) is 18. The molecule has 138 heavy (non-hydrogen) atoms. The van der Waals surface area contributed by atoms with Crippen molar-refractivity contribution in [1.82, 2.24) is 58.3 Å². The molecule has 42 heteroatoms. The fraction of sp³-hybridized carbons (Fsp3) is 0.281. The van der Waals surface area contributed by atoms with E-state index in [1.807, 2.05) is 67.2 Å². The Kier molecular flexibility index (Phi) is 30.6. The van der Waals surface area contributed by atoms with Crippen molar-refractivity contribution in [1.29, 1.82) is 15.8 Å². The van der Waals surface area contributed by atoms with Crippen LogP contribution in [0.1, 0.15) is 131 Å². The fourth-order valence-corrected chi connectivity index (χ4v) is 19.9. The normalized spacial score (nSPS) is 15.0. The number of benzene rings is 3. The first-order valence-electron chi connectivity index (χ1n) is 42.4. The third-order valence-electron chi connectivity index (χ3n) is 24.0. The van der Waals surface area contributed by atoms with E-state index in [9.17, 15) is 81.8 Å². The molecule has 27 nitrogen and oxygen atoms in total. The van der Waals surface area contributed by atoms with Crippen LogP contribution in [-0.2, 0) is 14.4 Å². The second-order valence-electron chi connectivity index (χ2n) is 33.6. The van der Waals surface area contributed by atoms with Gasteiger partial charge in [-0.2, -0.15) is 15.8 Å². The smallest absolute Gasteiger partial charge is 0.276 e. The lowest BCUT2D eigenvalue weighted by Gasteiger charge is -2.41. The lowest BCUT2D eigenvalue weighted by atomic mass is 10.0. The number of rotatable bonds is 15. The maximum absolute atomic E-state index is 15.0. The Morgan fingerprint density at radius 3 is 0.891 bits per heavy atom. The summed E-state index contributed by atoms with van der Waals surface area (Å²) < 4.78 is 78.2. The van der Waals surface area contributed by atoms with Crippen molar-refractivity contribution in [3.8, 4) is 86.3 Å². The Balaban J connectivity index is 0.000000175. The van der Waals surface area contributed by atoms with Crippen LogP contribution in [0.4, 0.5) is 39.0 Å². The molecule has 3 aliphatic heterocycles. The first-order valence-corrected chi connectivity index (χ1v) is 46.2. The summed E-state index contributed by atoms with van der Waals surface area (Å²) in [7, 11) is 0. The van der Waals surface area contributed by atoms with Gasteiger partial charge in [-0.25, -0.2) is 36.9 Å². The fourth-order valence-electron chi connectivity index (χ4n) is 17.4. The molecule has 0 unspecified atom stereocenters. The lowest BCUT2D eigenvalue weighted by molar-refractivity contribution is -0.129. The second kappa shape index (κ2) is 41.0. The highest BCUT2D eigenvalue weighted by molar-refractivity contribution is 6.50. The van der Waals surface area contributed by atoms with Gasteiger partial charge in [0, 0.05) is 112 Å². The summed E-state index contributed by atoms with van der Waals surface area (Å²) in [6.45, 7) is 35.3. The molecule has 3 N–H and O–H groups in total. The highest BCUT2D eigenvalue weighted by Crippen LogP contribution is 2.52. The number of anilines is 3. The molecule has 0 bridgehead atoms. The van der Waals surface area contributed by atoms with Crippen molar-refractivity contribution in [3.05, 3.63) is 254 Å². The van der Waals surface area contributed by atoms with Crippen LogP contribution in [0, 0.1) is 83.9 Å². The van der Waals surface area contributed by atoms with E-state index in [1.54, 1.807) is 82.1 Å². The molecule has 3 amide bonds. The van der Waals surface area contributed by atoms with Crippen LogP contribution in [0.2, 0.25) is 50.2 Å². The number of halogens is 15. The quantitative estimate of drug-likeness (QED) is 0.0371. The average Bonchev–Trinajstić information content (AvgIpc) is 0.726. The molecule has 12 aromatic rings. The average molecular weight is 2080 g/mol. The van der Waals surface area contributed by atoms with E-state index in [-0.39, 0.29) is 215 Å². The molecular weight excluding hydrogens is 2000 g/mol. The second-order valence-corrected chi connectivity index (χ2v) is 37.4. The number of aromatic nitrogens is 9. The van der Waals surface area contributed by atoms with Crippen LogP contribution in [-0.4, -0.2) is 168 Å². The van der Waals surface area contributed by atoms with Gasteiger partial charge in [0.15, 0.2) is 46.3 Å². The highest BCUT2D eigenvalue weighted by atomic mass is 35.5. The Bertz CT molecular complexity index is 6790. The summed E-state index contributed by atoms with van der Waals surface area (Å²) in [6, 6.07) is 14.7. The van der Waals surface area contributed by atoms with Crippen LogP contribution in [0.25, 0.3) is 83.9 Å². The summed E-state index contributed by atoms with van der Waals surface area (Å²) >= 11 is 62.7. The summed E-state index contributed by atoms with van der Waals surface area (Å²) in [5.74, 6) is -11.2. The van der Waals surface area contributed by atoms with Gasteiger partial charge in [-0.1, -0.05) is 177 Å². The van der Waals surface area contributed by atoms with Crippen LogP contribution in [0.5, 0.6) is 17.2 Å². The third-order valence-corrected chi connectivity index (χ3v) is 27.5. The van der Waals surface area contributed by atoms with Crippen molar-refractivity contribution in [2.24, 2.45) is 0 Å². The zero-order chi connectivity index (χ0) is 101. The number of phenols is 3. The Hall–Kier alpha value is -12.4.